The number of hydrogen-bond acceptors (Lipinski definition) is 2. The first kappa shape index (κ1) is 9.44. The quantitative estimate of drug-likeness (QED) is 0.512. The summed E-state index contributed by atoms with van der Waals surface area (Å²) in [7, 11) is 0. The molecule has 0 aromatic rings. The Morgan fingerprint density at radius 3 is 2.80 bits per heavy atom. The fourth-order valence-electron chi connectivity index (χ4n) is 4.34. The summed E-state index contributed by atoms with van der Waals surface area (Å²) in [4.78, 5) is 11.2. The third kappa shape index (κ3) is 1.34. The summed E-state index contributed by atoms with van der Waals surface area (Å²) in [5.74, 6) is 3.12. The van der Waals surface area contributed by atoms with Gasteiger partial charge in [-0.05, 0) is 49.4 Å². The van der Waals surface area contributed by atoms with Gasteiger partial charge < -0.3 is 4.74 Å². The van der Waals surface area contributed by atoms with E-state index in [0.717, 1.165) is 24.2 Å². The number of rotatable bonds is 2. The lowest BCUT2D eigenvalue weighted by molar-refractivity contribution is -0.146. The van der Waals surface area contributed by atoms with E-state index in [4.69, 9.17) is 4.74 Å². The van der Waals surface area contributed by atoms with Gasteiger partial charge in [0.05, 0.1) is 0 Å². The number of carbonyl (C=O) groups excluding carboxylic acids is 1. The average molecular weight is 206 g/mol. The Labute approximate surface area is 90.7 Å². The van der Waals surface area contributed by atoms with Crippen LogP contribution in [0.1, 0.15) is 32.1 Å². The zero-order chi connectivity index (χ0) is 10.4. The van der Waals surface area contributed by atoms with Crippen molar-refractivity contribution in [3.63, 3.8) is 0 Å². The highest BCUT2D eigenvalue weighted by atomic mass is 16.5. The third-order valence-electron chi connectivity index (χ3n) is 4.80. The molecule has 82 valence electrons. The highest BCUT2D eigenvalue weighted by Crippen LogP contribution is 2.59. The largest absolute Gasteiger partial charge is 0.459 e. The maximum Gasteiger partial charge on any atom is 0.330 e. The molecule has 0 N–H and O–H groups in total. The summed E-state index contributed by atoms with van der Waals surface area (Å²) in [6.07, 6.45) is 8.11. The second-order valence-corrected chi connectivity index (χ2v) is 5.33. The Kier molecular flexibility index (Phi) is 2.11. The van der Waals surface area contributed by atoms with Crippen molar-refractivity contribution in [3.05, 3.63) is 12.7 Å². The zero-order valence-electron chi connectivity index (χ0n) is 9.02. The van der Waals surface area contributed by atoms with Crippen molar-refractivity contribution < 1.29 is 9.53 Å². The molecule has 0 heterocycles. The minimum Gasteiger partial charge on any atom is -0.459 e. The van der Waals surface area contributed by atoms with Crippen molar-refractivity contribution in [2.75, 3.05) is 0 Å². The first-order valence-corrected chi connectivity index (χ1v) is 6.12. The standard InChI is InChI=1S/C13H18O2/c1-2-13(14)15-12-7-8-6-11(12)10-5-3-4-9(8)10/h2,8-12H,1,3-7H2/t8-,9-,10-,11-,12+/m0/s1. The van der Waals surface area contributed by atoms with Gasteiger partial charge in [0.25, 0.3) is 0 Å². The van der Waals surface area contributed by atoms with Gasteiger partial charge in [0, 0.05) is 6.08 Å². The van der Waals surface area contributed by atoms with Gasteiger partial charge in [-0.15, -0.1) is 0 Å². The highest BCUT2D eigenvalue weighted by molar-refractivity contribution is 5.81. The molecule has 0 amide bonds. The summed E-state index contributed by atoms with van der Waals surface area (Å²) >= 11 is 0. The van der Waals surface area contributed by atoms with E-state index in [1.54, 1.807) is 0 Å². The summed E-state index contributed by atoms with van der Waals surface area (Å²) < 4.78 is 5.45. The van der Waals surface area contributed by atoms with Crippen LogP contribution >= 0.6 is 0 Å². The van der Waals surface area contributed by atoms with Gasteiger partial charge in [-0.1, -0.05) is 13.0 Å². The predicted octanol–water partition coefficient (Wildman–Crippen LogP) is 2.54. The smallest absolute Gasteiger partial charge is 0.330 e. The number of esters is 1. The van der Waals surface area contributed by atoms with Gasteiger partial charge in [0.15, 0.2) is 0 Å². The van der Waals surface area contributed by atoms with Crippen LogP contribution in [0.15, 0.2) is 12.7 Å². The number of ether oxygens (including phenoxy) is 1. The van der Waals surface area contributed by atoms with Gasteiger partial charge in [0.1, 0.15) is 6.10 Å². The van der Waals surface area contributed by atoms with Crippen LogP contribution in [0, 0.1) is 23.7 Å². The van der Waals surface area contributed by atoms with Gasteiger partial charge in [-0.25, -0.2) is 4.79 Å². The van der Waals surface area contributed by atoms with E-state index in [1.807, 2.05) is 0 Å². The van der Waals surface area contributed by atoms with Gasteiger partial charge in [0.2, 0.25) is 0 Å². The highest BCUT2D eigenvalue weighted by Gasteiger charge is 2.54. The molecule has 2 bridgehead atoms. The molecule has 3 aliphatic rings. The van der Waals surface area contributed by atoms with E-state index >= 15 is 0 Å². The zero-order valence-corrected chi connectivity index (χ0v) is 9.02. The van der Waals surface area contributed by atoms with Crippen LogP contribution in [0.4, 0.5) is 0 Å². The number of carbonyl (C=O) groups is 1. The van der Waals surface area contributed by atoms with E-state index in [1.165, 1.54) is 31.8 Å². The van der Waals surface area contributed by atoms with Crippen molar-refractivity contribution in [2.45, 2.75) is 38.2 Å². The Balaban J connectivity index is 1.70. The summed E-state index contributed by atoms with van der Waals surface area (Å²) in [6, 6.07) is 0. The van der Waals surface area contributed by atoms with E-state index in [0.29, 0.717) is 5.92 Å². The van der Waals surface area contributed by atoms with Crippen LogP contribution in [-0.2, 0) is 9.53 Å². The molecule has 2 heteroatoms. The Morgan fingerprint density at radius 1 is 1.20 bits per heavy atom. The molecule has 0 saturated heterocycles. The molecule has 0 aromatic carbocycles. The maximum absolute atomic E-state index is 11.2. The minimum atomic E-state index is -0.234. The van der Waals surface area contributed by atoms with Crippen LogP contribution in [-0.4, -0.2) is 12.1 Å². The van der Waals surface area contributed by atoms with Crippen molar-refractivity contribution in [1.82, 2.24) is 0 Å². The second kappa shape index (κ2) is 3.36. The first-order chi connectivity index (χ1) is 7.29. The van der Waals surface area contributed by atoms with Crippen molar-refractivity contribution in [2.24, 2.45) is 23.7 Å². The first-order valence-electron chi connectivity index (χ1n) is 6.12. The summed E-state index contributed by atoms with van der Waals surface area (Å²) in [5, 5.41) is 0. The van der Waals surface area contributed by atoms with Crippen LogP contribution in [0.3, 0.4) is 0 Å². The van der Waals surface area contributed by atoms with E-state index in [2.05, 4.69) is 6.58 Å². The van der Waals surface area contributed by atoms with Gasteiger partial charge in [-0.3, -0.25) is 0 Å². The number of fused-ring (bicyclic) bond motifs is 5. The molecule has 3 aliphatic carbocycles. The fraction of sp³-hybridized carbons (Fsp3) is 0.769. The molecule has 3 rings (SSSR count). The fourth-order valence-corrected chi connectivity index (χ4v) is 4.34. The number of hydrogen-bond donors (Lipinski definition) is 0. The third-order valence-corrected chi connectivity index (χ3v) is 4.80. The van der Waals surface area contributed by atoms with Crippen LogP contribution in [0.25, 0.3) is 0 Å². The molecule has 5 atom stereocenters. The lowest BCUT2D eigenvalue weighted by Gasteiger charge is -2.30. The SMILES string of the molecule is C=CC(=O)O[C@@H]1C[C@@H]2C[C@H]1[C@H]1CCC[C@@H]21. The lowest BCUT2D eigenvalue weighted by Crippen LogP contribution is -2.31. The molecule has 15 heavy (non-hydrogen) atoms. The Morgan fingerprint density at radius 2 is 2.00 bits per heavy atom. The molecule has 0 radical (unpaired) electrons. The maximum atomic E-state index is 11.2. The van der Waals surface area contributed by atoms with Crippen LogP contribution in [0.5, 0.6) is 0 Å². The topological polar surface area (TPSA) is 26.3 Å². The Bertz CT molecular complexity index is 297. The molecule has 0 aromatic heterocycles. The van der Waals surface area contributed by atoms with Crippen LogP contribution in [0.2, 0.25) is 0 Å². The van der Waals surface area contributed by atoms with Crippen LogP contribution < -0.4 is 0 Å². The van der Waals surface area contributed by atoms with Crippen molar-refractivity contribution >= 4 is 5.97 Å². The summed E-state index contributed by atoms with van der Waals surface area (Å²) in [5.41, 5.74) is 0. The predicted molar refractivity (Wildman–Crippen MR) is 57.1 cm³/mol. The molecule has 0 aliphatic heterocycles. The molecular formula is C13H18O2. The monoisotopic (exact) mass is 206 g/mol. The van der Waals surface area contributed by atoms with E-state index in [9.17, 15) is 4.79 Å². The van der Waals surface area contributed by atoms with Gasteiger partial charge >= 0.3 is 5.97 Å². The molecule has 3 saturated carbocycles. The normalized spacial score (nSPS) is 46.5. The Hall–Kier alpha value is -0.790. The molecular weight excluding hydrogens is 188 g/mol. The minimum absolute atomic E-state index is 0.208. The summed E-state index contributed by atoms with van der Waals surface area (Å²) in [6.45, 7) is 3.46. The molecule has 0 spiro atoms. The van der Waals surface area contributed by atoms with E-state index < -0.39 is 0 Å². The van der Waals surface area contributed by atoms with Gasteiger partial charge in [-0.2, -0.15) is 0 Å². The molecule has 3 fully saturated rings. The van der Waals surface area contributed by atoms with Crippen molar-refractivity contribution in [1.29, 1.82) is 0 Å². The van der Waals surface area contributed by atoms with Crippen molar-refractivity contribution in [3.8, 4) is 0 Å². The van der Waals surface area contributed by atoms with E-state index in [-0.39, 0.29) is 12.1 Å². The second-order valence-electron chi connectivity index (χ2n) is 5.33. The molecule has 0 unspecified atom stereocenters. The lowest BCUT2D eigenvalue weighted by atomic mass is 9.80. The average Bonchev–Trinajstić information content (AvgIpc) is 2.87. The molecule has 2 nitrogen and oxygen atoms in total.